The monoisotopic (exact) mass is 510 g/mol. The number of rotatable bonds is 7. The van der Waals surface area contributed by atoms with Crippen LogP contribution >= 0.6 is 0 Å². The molecule has 2 aromatic carbocycles. The smallest absolute Gasteiger partial charge is 0.258 e. The molecule has 8 nitrogen and oxygen atoms in total. The fraction of sp³-hybridized carbons (Fsp3) is 0.207. The molecule has 3 N–H and O–H groups in total. The molecule has 38 heavy (non-hydrogen) atoms. The number of anilines is 1. The third-order valence-corrected chi connectivity index (χ3v) is 6.84. The molecule has 0 unspecified atom stereocenters. The standard InChI is InChI=1S/C29H27FN6O2/c30-23-8-9-35(18-23)15-20-6-7-26-21(10-20)11-27(34-26)25-12-24(14-31-29(25)38)33-28(37)22-13-32-36(17-22)16-19-4-2-1-3-5-19/h1-7,10-14,17,23,34H,8-9,15-16,18H2,(H,31,38)(H,33,37)/t23-/m0/s1. The number of amides is 1. The maximum Gasteiger partial charge on any atom is 0.258 e. The van der Waals surface area contributed by atoms with Crippen LogP contribution in [0.25, 0.3) is 22.2 Å². The minimum Gasteiger partial charge on any atom is -0.354 e. The van der Waals surface area contributed by atoms with Gasteiger partial charge in [0, 0.05) is 42.9 Å². The maximum absolute atomic E-state index is 13.5. The van der Waals surface area contributed by atoms with Crippen molar-refractivity contribution in [1.29, 1.82) is 0 Å². The Kier molecular flexibility index (Phi) is 6.35. The Morgan fingerprint density at radius 1 is 1.08 bits per heavy atom. The molecule has 0 aliphatic carbocycles. The molecule has 5 aromatic rings. The van der Waals surface area contributed by atoms with Crippen molar-refractivity contribution in [2.45, 2.75) is 25.7 Å². The van der Waals surface area contributed by atoms with E-state index in [-0.39, 0.29) is 11.5 Å². The van der Waals surface area contributed by atoms with E-state index < -0.39 is 6.17 Å². The summed E-state index contributed by atoms with van der Waals surface area (Å²) in [7, 11) is 0. The zero-order chi connectivity index (χ0) is 26.1. The van der Waals surface area contributed by atoms with Crippen molar-refractivity contribution in [3.63, 3.8) is 0 Å². The summed E-state index contributed by atoms with van der Waals surface area (Å²) in [6, 6.07) is 19.5. The number of carbonyl (C=O) groups excluding carboxylic acids is 1. The molecule has 0 bridgehead atoms. The van der Waals surface area contributed by atoms with Crippen molar-refractivity contribution in [1.82, 2.24) is 24.6 Å². The second-order valence-corrected chi connectivity index (χ2v) is 9.72. The Bertz CT molecular complexity index is 1650. The van der Waals surface area contributed by atoms with Gasteiger partial charge in [0.25, 0.3) is 11.5 Å². The molecule has 4 heterocycles. The van der Waals surface area contributed by atoms with Crippen LogP contribution in [0.3, 0.4) is 0 Å². The van der Waals surface area contributed by atoms with Crippen LogP contribution in [0.1, 0.15) is 27.9 Å². The molecule has 1 aliphatic heterocycles. The molecule has 1 atom stereocenters. The zero-order valence-corrected chi connectivity index (χ0v) is 20.7. The number of aromatic amines is 2. The Morgan fingerprint density at radius 2 is 1.95 bits per heavy atom. The van der Waals surface area contributed by atoms with Crippen LogP contribution < -0.4 is 10.9 Å². The second kappa shape index (κ2) is 10.1. The van der Waals surface area contributed by atoms with E-state index in [4.69, 9.17) is 0 Å². The molecular weight excluding hydrogens is 483 g/mol. The quantitative estimate of drug-likeness (QED) is 0.299. The van der Waals surface area contributed by atoms with Gasteiger partial charge in [-0.25, -0.2) is 4.39 Å². The van der Waals surface area contributed by atoms with Gasteiger partial charge in [-0.2, -0.15) is 5.10 Å². The fourth-order valence-corrected chi connectivity index (χ4v) is 4.91. The summed E-state index contributed by atoms with van der Waals surface area (Å²) in [4.78, 5) is 33.7. The summed E-state index contributed by atoms with van der Waals surface area (Å²) < 4.78 is 15.2. The molecule has 192 valence electrons. The highest BCUT2D eigenvalue weighted by atomic mass is 19.1. The number of hydrogen-bond donors (Lipinski definition) is 3. The predicted octanol–water partition coefficient (Wildman–Crippen LogP) is 4.56. The molecular formula is C29H27FN6O2. The highest BCUT2D eigenvalue weighted by molar-refractivity contribution is 6.04. The summed E-state index contributed by atoms with van der Waals surface area (Å²) >= 11 is 0. The van der Waals surface area contributed by atoms with Crippen LogP contribution in [0, 0.1) is 0 Å². The summed E-state index contributed by atoms with van der Waals surface area (Å²) in [6.07, 6.45) is 4.54. The fourth-order valence-electron chi connectivity index (χ4n) is 4.91. The minimum absolute atomic E-state index is 0.267. The van der Waals surface area contributed by atoms with Crippen molar-refractivity contribution in [3.8, 4) is 11.3 Å². The lowest BCUT2D eigenvalue weighted by Crippen LogP contribution is -2.20. The van der Waals surface area contributed by atoms with E-state index in [1.807, 2.05) is 48.5 Å². The van der Waals surface area contributed by atoms with Crippen LogP contribution in [0.15, 0.2) is 84.0 Å². The normalized spacial score (nSPS) is 15.8. The molecule has 0 radical (unpaired) electrons. The number of benzene rings is 2. The molecule has 0 spiro atoms. The van der Waals surface area contributed by atoms with Gasteiger partial charge in [-0.3, -0.25) is 19.2 Å². The van der Waals surface area contributed by atoms with E-state index in [1.54, 1.807) is 16.9 Å². The van der Waals surface area contributed by atoms with E-state index in [9.17, 15) is 14.0 Å². The van der Waals surface area contributed by atoms with Gasteiger partial charge in [-0.1, -0.05) is 36.4 Å². The molecule has 1 fully saturated rings. The van der Waals surface area contributed by atoms with Gasteiger partial charge in [-0.05, 0) is 41.8 Å². The Balaban J connectivity index is 1.18. The highest BCUT2D eigenvalue weighted by Gasteiger charge is 2.21. The molecule has 1 amide bonds. The number of aromatic nitrogens is 4. The summed E-state index contributed by atoms with van der Waals surface area (Å²) in [5, 5.41) is 8.11. The van der Waals surface area contributed by atoms with E-state index in [1.165, 1.54) is 12.4 Å². The largest absolute Gasteiger partial charge is 0.354 e. The first kappa shape index (κ1) is 23.9. The number of hydrogen-bond acceptors (Lipinski definition) is 4. The summed E-state index contributed by atoms with van der Waals surface area (Å²) in [5.41, 5.74) is 4.76. The summed E-state index contributed by atoms with van der Waals surface area (Å²) in [5.74, 6) is -0.318. The van der Waals surface area contributed by atoms with Crippen molar-refractivity contribution in [3.05, 3.63) is 106 Å². The number of pyridine rings is 1. The first-order chi connectivity index (χ1) is 18.5. The van der Waals surface area contributed by atoms with Crippen molar-refractivity contribution in [2.75, 3.05) is 18.4 Å². The second-order valence-electron chi connectivity index (χ2n) is 9.72. The number of nitrogens with zero attached hydrogens (tertiary/aromatic N) is 3. The van der Waals surface area contributed by atoms with Crippen LogP contribution in [0.4, 0.5) is 10.1 Å². The van der Waals surface area contributed by atoms with Crippen molar-refractivity contribution >= 4 is 22.5 Å². The van der Waals surface area contributed by atoms with Gasteiger partial charge >= 0.3 is 0 Å². The van der Waals surface area contributed by atoms with E-state index in [0.717, 1.165) is 28.6 Å². The van der Waals surface area contributed by atoms with Gasteiger partial charge in [0.15, 0.2) is 0 Å². The highest BCUT2D eigenvalue weighted by Crippen LogP contribution is 2.26. The number of alkyl halides is 1. The van der Waals surface area contributed by atoms with Crippen molar-refractivity contribution in [2.24, 2.45) is 0 Å². The number of carbonyl (C=O) groups is 1. The lowest BCUT2D eigenvalue weighted by atomic mass is 10.1. The lowest BCUT2D eigenvalue weighted by molar-refractivity contribution is 0.102. The van der Waals surface area contributed by atoms with Gasteiger partial charge in [0.1, 0.15) is 6.17 Å². The van der Waals surface area contributed by atoms with Gasteiger partial charge in [0.2, 0.25) is 0 Å². The minimum atomic E-state index is -0.748. The molecule has 3 aromatic heterocycles. The van der Waals surface area contributed by atoms with E-state index in [2.05, 4.69) is 31.3 Å². The van der Waals surface area contributed by atoms with Crippen LogP contribution in [0.2, 0.25) is 0 Å². The molecule has 9 heteroatoms. The number of H-pyrrole nitrogens is 2. The average Bonchev–Trinajstić information content (AvgIpc) is 3.65. The van der Waals surface area contributed by atoms with Gasteiger partial charge < -0.3 is 15.3 Å². The Morgan fingerprint density at radius 3 is 2.76 bits per heavy atom. The van der Waals surface area contributed by atoms with Gasteiger partial charge in [0.05, 0.1) is 35.2 Å². The SMILES string of the molecule is O=C(Nc1c[nH]c(=O)c(-c2cc3cc(CN4CC[C@H](F)C4)ccc3[nH]2)c1)c1cnn(Cc2ccccc2)c1. The number of likely N-dealkylation sites (tertiary alicyclic amines) is 1. The number of halogens is 1. The van der Waals surface area contributed by atoms with Crippen molar-refractivity contribution < 1.29 is 9.18 Å². The molecule has 1 saturated heterocycles. The van der Waals surface area contributed by atoms with E-state index >= 15 is 0 Å². The molecule has 6 rings (SSSR count). The van der Waals surface area contributed by atoms with Gasteiger partial charge in [-0.15, -0.1) is 0 Å². The van der Waals surface area contributed by atoms with Crippen LogP contribution in [-0.4, -0.2) is 49.8 Å². The number of fused-ring (bicyclic) bond motifs is 1. The maximum atomic E-state index is 13.5. The predicted molar refractivity (Wildman–Crippen MR) is 145 cm³/mol. The summed E-state index contributed by atoms with van der Waals surface area (Å²) in [6.45, 7) is 2.49. The van der Waals surface area contributed by atoms with E-state index in [0.29, 0.717) is 48.6 Å². The van der Waals surface area contributed by atoms with Crippen LogP contribution in [-0.2, 0) is 13.1 Å². The lowest BCUT2D eigenvalue weighted by Gasteiger charge is -2.14. The topological polar surface area (TPSA) is 98.8 Å². The van der Waals surface area contributed by atoms with Crippen LogP contribution in [0.5, 0.6) is 0 Å². The molecule has 1 aliphatic rings. The Hall–Kier alpha value is -4.50. The zero-order valence-electron chi connectivity index (χ0n) is 20.7. The third-order valence-electron chi connectivity index (χ3n) is 6.84. The number of nitrogens with one attached hydrogen (secondary N) is 3. The molecule has 0 saturated carbocycles. The average molecular weight is 511 g/mol. The third kappa shape index (κ3) is 5.14. The Labute approximate surface area is 218 Å². The first-order valence-electron chi connectivity index (χ1n) is 12.6. The first-order valence-corrected chi connectivity index (χ1v) is 12.6.